The molecule has 0 unspecified atom stereocenters. The minimum Gasteiger partial charge on any atom is -0.464 e. The number of fused-ring (bicyclic) bond motifs is 1. The number of hydrogen-bond acceptors (Lipinski definition) is 5. The molecule has 0 radical (unpaired) electrons. The van der Waals surface area contributed by atoms with Gasteiger partial charge in [-0.15, -0.1) is 11.3 Å². The highest BCUT2D eigenvalue weighted by molar-refractivity contribution is 7.19. The summed E-state index contributed by atoms with van der Waals surface area (Å²) in [6.07, 6.45) is 0.884. The summed E-state index contributed by atoms with van der Waals surface area (Å²) >= 11 is 1.73. The standard InChI is InChI=1S/C19H23NO4S/c1-11-12(2)25-16-8-7-13(9-14(11)16)10-15(17(21)23-6)20-18(22)24-19(3,4)5/h7-10H,1-6H3,(H,20,22)/b15-10+. The van der Waals surface area contributed by atoms with Gasteiger partial charge < -0.3 is 9.47 Å². The molecular weight excluding hydrogens is 338 g/mol. The lowest BCUT2D eigenvalue weighted by atomic mass is 10.1. The molecule has 0 aliphatic heterocycles. The Labute approximate surface area is 151 Å². The lowest BCUT2D eigenvalue weighted by Crippen LogP contribution is -2.34. The molecule has 0 aliphatic carbocycles. The van der Waals surface area contributed by atoms with E-state index in [9.17, 15) is 9.59 Å². The van der Waals surface area contributed by atoms with Crippen LogP contribution in [0.5, 0.6) is 0 Å². The van der Waals surface area contributed by atoms with Crippen LogP contribution in [0, 0.1) is 13.8 Å². The van der Waals surface area contributed by atoms with Crippen molar-refractivity contribution in [1.29, 1.82) is 0 Å². The minimum atomic E-state index is -0.701. The molecule has 5 nitrogen and oxygen atoms in total. The number of ether oxygens (including phenoxy) is 2. The number of nitrogens with one attached hydrogen (secondary N) is 1. The molecule has 0 bridgehead atoms. The molecule has 25 heavy (non-hydrogen) atoms. The van der Waals surface area contributed by atoms with Gasteiger partial charge in [-0.1, -0.05) is 6.07 Å². The Balaban J connectivity index is 2.35. The third-order valence-electron chi connectivity index (χ3n) is 3.55. The van der Waals surface area contributed by atoms with Crippen molar-refractivity contribution in [1.82, 2.24) is 5.32 Å². The molecule has 1 amide bonds. The SMILES string of the molecule is COC(=O)/C(=C\c1ccc2sc(C)c(C)c2c1)NC(=O)OC(C)(C)C. The summed E-state index contributed by atoms with van der Waals surface area (Å²) in [5.41, 5.74) is 1.38. The zero-order valence-corrected chi connectivity index (χ0v) is 16.2. The van der Waals surface area contributed by atoms with Crippen LogP contribution in [0.15, 0.2) is 23.9 Å². The van der Waals surface area contributed by atoms with Crippen molar-refractivity contribution in [3.05, 3.63) is 39.9 Å². The predicted molar refractivity (Wildman–Crippen MR) is 101 cm³/mol. The summed E-state index contributed by atoms with van der Waals surface area (Å²) in [5, 5.41) is 3.61. The predicted octanol–water partition coefficient (Wildman–Crippen LogP) is 4.56. The number of thiophene rings is 1. The Morgan fingerprint density at radius 1 is 1.20 bits per heavy atom. The van der Waals surface area contributed by atoms with Gasteiger partial charge in [0.25, 0.3) is 0 Å². The maximum atomic E-state index is 12.0. The molecule has 0 atom stereocenters. The molecule has 6 heteroatoms. The lowest BCUT2D eigenvalue weighted by molar-refractivity contribution is -0.136. The number of carbonyl (C=O) groups is 2. The Kier molecular flexibility index (Phi) is 5.52. The van der Waals surface area contributed by atoms with Gasteiger partial charge in [0.05, 0.1) is 7.11 Å². The second kappa shape index (κ2) is 7.27. The van der Waals surface area contributed by atoms with Crippen LogP contribution in [0.4, 0.5) is 4.79 Å². The molecule has 0 spiro atoms. The molecule has 2 aromatic rings. The Bertz CT molecular complexity index is 843. The molecule has 1 N–H and O–H groups in total. The smallest absolute Gasteiger partial charge is 0.412 e. The fourth-order valence-electron chi connectivity index (χ4n) is 2.29. The number of esters is 1. The lowest BCUT2D eigenvalue weighted by Gasteiger charge is -2.20. The van der Waals surface area contributed by atoms with Gasteiger partial charge in [-0.05, 0) is 69.3 Å². The van der Waals surface area contributed by atoms with Gasteiger partial charge in [0, 0.05) is 9.58 Å². The van der Waals surface area contributed by atoms with Crippen molar-refractivity contribution in [2.24, 2.45) is 0 Å². The van der Waals surface area contributed by atoms with E-state index in [1.807, 2.05) is 18.2 Å². The average molecular weight is 361 g/mol. The number of methoxy groups -OCH3 is 1. The number of benzene rings is 1. The van der Waals surface area contributed by atoms with Crippen LogP contribution < -0.4 is 5.32 Å². The summed E-state index contributed by atoms with van der Waals surface area (Å²) in [4.78, 5) is 25.2. The first kappa shape index (κ1) is 19.0. The van der Waals surface area contributed by atoms with Crippen molar-refractivity contribution in [2.45, 2.75) is 40.2 Å². The summed E-state index contributed by atoms with van der Waals surface area (Å²) < 4.78 is 11.1. The first-order chi connectivity index (χ1) is 11.6. The van der Waals surface area contributed by atoms with E-state index < -0.39 is 17.7 Å². The number of alkyl carbamates (subject to hydrolysis) is 1. The second-order valence-electron chi connectivity index (χ2n) is 6.72. The minimum absolute atomic E-state index is 0.0284. The zero-order valence-electron chi connectivity index (χ0n) is 15.4. The number of carbonyl (C=O) groups excluding carboxylic acids is 2. The van der Waals surface area contributed by atoms with E-state index in [0.29, 0.717) is 0 Å². The molecule has 1 aromatic carbocycles. The quantitative estimate of drug-likeness (QED) is 0.643. The second-order valence-corrected chi connectivity index (χ2v) is 7.97. The van der Waals surface area contributed by atoms with Gasteiger partial charge in [0.15, 0.2) is 0 Å². The molecule has 1 aromatic heterocycles. The fourth-order valence-corrected chi connectivity index (χ4v) is 3.34. The Hall–Kier alpha value is -2.34. The number of aryl methyl sites for hydroxylation is 2. The van der Waals surface area contributed by atoms with Crippen LogP contribution in [0.25, 0.3) is 16.2 Å². The average Bonchev–Trinajstić information content (AvgIpc) is 2.79. The topological polar surface area (TPSA) is 64.6 Å². The molecule has 134 valence electrons. The first-order valence-electron chi connectivity index (χ1n) is 7.90. The van der Waals surface area contributed by atoms with Crippen LogP contribution in [0.3, 0.4) is 0 Å². The molecule has 0 aliphatic rings. The molecule has 2 rings (SSSR count). The van der Waals surface area contributed by atoms with Crippen LogP contribution in [0.2, 0.25) is 0 Å². The van der Waals surface area contributed by atoms with Gasteiger partial charge in [-0.2, -0.15) is 0 Å². The van der Waals surface area contributed by atoms with E-state index in [1.165, 1.54) is 22.3 Å². The highest BCUT2D eigenvalue weighted by atomic mass is 32.1. The molecule has 0 saturated carbocycles. The van der Waals surface area contributed by atoms with Crippen LogP contribution >= 0.6 is 11.3 Å². The van der Waals surface area contributed by atoms with E-state index >= 15 is 0 Å². The van der Waals surface area contributed by atoms with Crippen molar-refractivity contribution in [3.8, 4) is 0 Å². The highest BCUT2D eigenvalue weighted by Gasteiger charge is 2.20. The maximum absolute atomic E-state index is 12.0. The monoisotopic (exact) mass is 361 g/mol. The number of rotatable bonds is 3. The summed E-state index contributed by atoms with van der Waals surface area (Å²) in [5.74, 6) is -0.635. The largest absolute Gasteiger partial charge is 0.464 e. The number of amides is 1. The van der Waals surface area contributed by atoms with Crippen molar-refractivity contribution < 1.29 is 19.1 Å². The van der Waals surface area contributed by atoms with Gasteiger partial charge in [0.1, 0.15) is 11.3 Å². The van der Waals surface area contributed by atoms with E-state index in [4.69, 9.17) is 9.47 Å². The van der Waals surface area contributed by atoms with Crippen LogP contribution in [0.1, 0.15) is 36.8 Å². The molecule has 1 heterocycles. The van der Waals surface area contributed by atoms with E-state index in [-0.39, 0.29) is 5.70 Å². The molecular formula is C19H23NO4S. The third kappa shape index (κ3) is 4.82. The summed E-state index contributed by atoms with van der Waals surface area (Å²) in [7, 11) is 1.27. The van der Waals surface area contributed by atoms with Gasteiger partial charge in [-0.25, -0.2) is 9.59 Å². The van der Waals surface area contributed by atoms with Gasteiger partial charge in [0.2, 0.25) is 0 Å². The van der Waals surface area contributed by atoms with Crippen molar-refractivity contribution >= 4 is 39.6 Å². The summed E-state index contributed by atoms with van der Waals surface area (Å²) in [6, 6.07) is 5.90. The zero-order chi connectivity index (χ0) is 18.8. The molecule has 0 fully saturated rings. The maximum Gasteiger partial charge on any atom is 0.412 e. The summed E-state index contributed by atoms with van der Waals surface area (Å²) in [6.45, 7) is 9.42. The Morgan fingerprint density at radius 3 is 2.48 bits per heavy atom. The normalized spacial score (nSPS) is 12.2. The van der Waals surface area contributed by atoms with E-state index in [0.717, 1.165) is 10.9 Å². The van der Waals surface area contributed by atoms with Gasteiger partial charge >= 0.3 is 12.1 Å². The Morgan fingerprint density at radius 2 is 1.88 bits per heavy atom. The fraction of sp³-hybridized carbons (Fsp3) is 0.368. The van der Waals surface area contributed by atoms with E-state index in [2.05, 4.69) is 19.2 Å². The first-order valence-corrected chi connectivity index (χ1v) is 8.72. The highest BCUT2D eigenvalue weighted by Crippen LogP contribution is 2.31. The van der Waals surface area contributed by atoms with Crippen molar-refractivity contribution in [3.63, 3.8) is 0 Å². The number of hydrogen-bond donors (Lipinski definition) is 1. The van der Waals surface area contributed by atoms with Gasteiger partial charge in [-0.3, -0.25) is 5.32 Å². The molecule has 0 saturated heterocycles. The van der Waals surface area contributed by atoms with Crippen molar-refractivity contribution in [2.75, 3.05) is 7.11 Å². The van der Waals surface area contributed by atoms with Crippen LogP contribution in [-0.2, 0) is 14.3 Å². The third-order valence-corrected chi connectivity index (χ3v) is 4.74. The van der Waals surface area contributed by atoms with E-state index in [1.54, 1.807) is 38.2 Å². The van der Waals surface area contributed by atoms with Crippen LogP contribution in [-0.4, -0.2) is 24.8 Å².